The van der Waals surface area contributed by atoms with Crippen molar-refractivity contribution in [3.8, 4) is 6.07 Å². The molecule has 0 unspecified atom stereocenters. The lowest BCUT2D eigenvalue weighted by Crippen LogP contribution is -2.24. The van der Waals surface area contributed by atoms with E-state index in [4.69, 9.17) is 0 Å². The van der Waals surface area contributed by atoms with Gasteiger partial charge in [0.1, 0.15) is 11.6 Å². The first-order valence-corrected chi connectivity index (χ1v) is 7.26. The van der Waals surface area contributed by atoms with Crippen molar-refractivity contribution in [1.29, 1.82) is 5.26 Å². The first-order valence-electron chi connectivity index (χ1n) is 7.26. The van der Waals surface area contributed by atoms with Crippen molar-refractivity contribution >= 4 is 11.6 Å². The van der Waals surface area contributed by atoms with E-state index in [1.807, 2.05) is 0 Å². The second kappa shape index (κ2) is 7.19. The Morgan fingerprint density at radius 1 is 1.11 bits per heavy atom. The van der Waals surface area contributed by atoms with Crippen LogP contribution in [0.1, 0.15) is 5.56 Å². The summed E-state index contributed by atoms with van der Waals surface area (Å²) in [7, 11) is 1.21. The van der Waals surface area contributed by atoms with Crippen LogP contribution >= 0.6 is 0 Å². The minimum atomic E-state index is -4.62. The lowest BCUT2D eigenvalue weighted by molar-refractivity contribution is -0.137. The van der Waals surface area contributed by atoms with Crippen LogP contribution in [-0.2, 0) is 11.0 Å². The fourth-order valence-corrected chi connectivity index (χ4v) is 2.23. The van der Waals surface area contributed by atoms with Crippen molar-refractivity contribution in [3.63, 3.8) is 0 Å². The molecule has 0 saturated carbocycles. The summed E-state index contributed by atoms with van der Waals surface area (Å²) >= 11 is 0. The van der Waals surface area contributed by atoms with Gasteiger partial charge < -0.3 is 10.2 Å². The molecule has 2 rings (SSSR count). The third-order valence-electron chi connectivity index (χ3n) is 3.50. The van der Waals surface area contributed by atoms with E-state index in [0.717, 1.165) is 23.1 Å². The molecule has 1 heterocycles. The Balaban J connectivity index is 2.30. The zero-order chi connectivity index (χ0) is 20.4. The van der Waals surface area contributed by atoms with Crippen LogP contribution in [0.3, 0.4) is 0 Å². The summed E-state index contributed by atoms with van der Waals surface area (Å²) in [6.07, 6.45) is -6.90. The molecule has 1 N–H and O–H groups in total. The Kier molecular flexibility index (Phi) is 5.35. The number of rotatable bonds is 2. The van der Waals surface area contributed by atoms with Crippen molar-refractivity contribution in [3.05, 3.63) is 65.0 Å². The molecule has 0 atom stereocenters. The molecule has 0 aromatic heterocycles. The predicted octanol–water partition coefficient (Wildman–Crippen LogP) is 4.37. The van der Waals surface area contributed by atoms with Gasteiger partial charge in [-0.3, -0.25) is 4.79 Å². The second-order valence-corrected chi connectivity index (χ2v) is 5.43. The van der Waals surface area contributed by atoms with Gasteiger partial charge in [-0.2, -0.15) is 31.6 Å². The summed E-state index contributed by atoms with van der Waals surface area (Å²) in [6.45, 7) is 0. The molecule has 10 heteroatoms. The van der Waals surface area contributed by atoms with Gasteiger partial charge in [0.05, 0.1) is 16.8 Å². The number of likely N-dealkylation sites (N-methyl/N-ethyl adjacent to an activating group) is 1. The van der Waals surface area contributed by atoms with E-state index in [0.29, 0.717) is 18.3 Å². The standard InChI is InChI=1S/C17H11F6N3O/c1-26-9-11(17(21,22)23)5-6-14(26)13(8-24)15(27)25-12-4-2-3-10(7-12)16(18,19)20/h2-7,9H,1H3,(H,25,27). The zero-order valence-electron chi connectivity index (χ0n) is 13.6. The molecule has 0 radical (unpaired) electrons. The molecule has 1 aliphatic rings. The van der Waals surface area contributed by atoms with Crippen LogP contribution in [0, 0.1) is 11.3 Å². The number of nitriles is 1. The lowest BCUT2D eigenvalue weighted by atomic mass is 10.1. The number of nitrogens with one attached hydrogen (secondary N) is 1. The van der Waals surface area contributed by atoms with Gasteiger partial charge in [-0.25, -0.2) is 0 Å². The summed E-state index contributed by atoms with van der Waals surface area (Å²) in [5.41, 5.74) is -2.88. The monoisotopic (exact) mass is 387 g/mol. The normalized spacial score (nSPS) is 16.5. The van der Waals surface area contributed by atoms with E-state index in [-0.39, 0.29) is 11.4 Å². The van der Waals surface area contributed by atoms with E-state index in [2.05, 4.69) is 5.32 Å². The number of anilines is 1. The SMILES string of the molecule is CN1C=C(C(F)(F)F)C=CC1=C(C#N)C(=O)Nc1cccc(C(F)(F)F)c1. The number of hydrogen-bond acceptors (Lipinski definition) is 3. The van der Waals surface area contributed by atoms with Crippen LogP contribution in [0.4, 0.5) is 32.0 Å². The maximum atomic E-state index is 12.7. The van der Waals surface area contributed by atoms with Gasteiger partial charge in [-0.05, 0) is 30.4 Å². The van der Waals surface area contributed by atoms with Gasteiger partial charge in [0.25, 0.3) is 5.91 Å². The van der Waals surface area contributed by atoms with E-state index < -0.39 is 35.0 Å². The number of carbonyl (C=O) groups is 1. The Labute approximate surface area is 149 Å². The van der Waals surface area contributed by atoms with Crippen LogP contribution in [0.5, 0.6) is 0 Å². The topological polar surface area (TPSA) is 56.1 Å². The Morgan fingerprint density at radius 2 is 1.78 bits per heavy atom. The largest absolute Gasteiger partial charge is 0.417 e. The van der Waals surface area contributed by atoms with Gasteiger partial charge >= 0.3 is 12.4 Å². The number of hydrogen-bond donors (Lipinski definition) is 1. The average molecular weight is 387 g/mol. The molecule has 4 nitrogen and oxygen atoms in total. The van der Waals surface area contributed by atoms with Crippen LogP contribution in [0.15, 0.2) is 59.5 Å². The molecule has 1 aliphatic heterocycles. The van der Waals surface area contributed by atoms with Gasteiger partial charge in [0, 0.05) is 18.9 Å². The summed E-state index contributed by atoms with van der Waals surface area (Å²) in [6, 6.07) is 5.31. The third-order valence-corrected chi connectivity index (χ3v) is 3.50. The molecule has 1 amide bonds. The lowest BCUT2D eigenvalue weighted by Gasteiger charge is -2.23. The highest BCUT2D eigenvalue weighted by Crippen LogP contribution is 2.32. The highest BCUT2D eigenvalue weighted by Gasteiger charge is 2.34. The Morgan fingerprint density at radius 3 is 2.30 bits per heavy atom. The summed E-state index contributed by atoms with van der Waals surface area (Å²) in [5, 5.41) is 11.3. The first-order chi connectivity index (χ1) is 12.4. The predicted molar refractivity (Wildman–Crippen MR) is 83.8 cm³/mol. The Hall–Kier alpha value is -3.22. The van der Waals surface area contributed by atoms with Crippen LogP contribution in [0.25, 0.3) is 0 Å². The number of halogens is 6. The first kappa shape index (κ1) is 20.1. The molecule has 27 heavy (non-hydrogen) atoms. The van der Waals surface area contributed by atoms with Gasteiger partial charge in [0.2, 0.25) is 0 Å². The smallest absolute Gasteiger partial charge is 0.349 e. The van der Waals surface area contributed by atoms with Gasteiger partial charge in [-0.15, -0.1) is 0 Å². The zero-order valence-corrected chi connectivity index (χ0v) is 13.6. The molecule has 1 aromatic rings. The Bertz CT molecular complexity index is 887. The molecule has 0 spiro atoms. The highest BCUT2D eigenvalue weighted by molar-refractivity contribution is 6.07. The van der Waals surface area contributed by atoms with Crippen LogP contribution in [0.2, 0.25) is 0 Å². The molecular weight excluding hydrogens is 376 g/mol. The van der Waals surface area contributed by atoms with Crippen molar-refractivity contribution < 1.29 is 31.1 Å². The number of amides is 1. The average Bonchev–Trinajstić information content (AvgIpc) is 2.55. The van der Waals surface area contributed by atoms with Gasteiger partial charge in [0.15, 0.2) is 0 Å². The number of benzene rings is 1. The van der Waals surface area contributed by atoms with Crippen LogP contribution < -0.4 is 5.32 Å². The third kappa shape index (κ3) is 4.69. The molecule has 1 aromatic carbocycles. The maximum Gasteiger partial charge on any atom is 0.417 e. The van der Waals surface area contributed by atoms with Crippen LogP contribution in [-0.4, -0.2) is 24.0 Å². The number of alkyl halides is 6. The minimum absolute atomic E-state index is 0.130. The van der Waals surface area contributed by atoms with E-state index >= 15 is 0 Å². The molecule has 0 fully saturated rings. The van der Waals surface area contributed by atoms with E-state index in [1.54, 1.807) is 6.07 Å². The number of carbonyl (C=O) groups excluding carboxylic acids is 1. The summed E-state index contributed by atoms with van der Waals surface area (Å²) < 4.78 is 76.3. The maximum absolute atomic E-state index is 12.7. The van der Waals surface area contributed by atoms with E-state index in [1.165, 1.54) is 13.1 Å². The summed E-state index contributed by atoms with van der Waals surface area (Å²) in [4.78, 5) is 13.2. The molecule has 0 saturated heterocycles. The molecule has 0 aliphatic carbocycles. The second-order valence-electron chi connectivity index (χ2n) is 5.43. The van der Waals surface area contributed by atoms with Crippen molar-refractivity contribution in [2.45, 2.75) is 12.4 Å². The van der Waals surface area contributed by atoms with Crippen molar-refractivity contribution in [2.24, 2.45) is 0 Å². The highest BCUT2D eigenvalue weighted by atomic mass is 19.4. The fraction of sp³-hybridized carbons (Fsp3) is 0.176. The van der Waals surface area contributed by atoms with E-state index in [9.17, 15) is 36.4 Å². The van der Waals surface area contributed by atoms with Crippen molar-refractivity contribution in [1.82, 2.24) is 4.90 Å². The molecular formula is C17H11F6N3O. The van der Waals surface area contributed by atoms with Gasteiger partial charge in [-0.1, -0.05) is 6.07 Å². The molecule has 0 bridgehead atoms. The quantitative estimate of drug-likeness (QED) is 0.466. The number of allylic oxidation sites excluding steroid dienone is 3. The fourth-order valence-electron chi connectivity index (χ4n) is 2.23. The summed E-state index contributed by atoms with van der Waals surface area (Å²) in [5.74, 6) is -1.05. The number of nitrogens with zero attached hydrogens (tertiary/aromatic N) is 2. The molecule has 142 valence electrons. The van der Waals surface area contributed by atoms with Crippen molar-refractivity contribution in [2.75, 3.05) is 12.4 Å². The minimum Gasteiger partial charge on any atom is -0.349 e.